The van der Waals surface area contributed by atoms with Gasteiger partial charge < -0.3 is 14.2 Å². The van der Waals surface area contributed by atoms with Gasteiger partial charge in [0.2, 0.25) is 0 Å². The molecule has 4 aliphatic carbocycles. The molecule has 1 saturated heterocycles. The summed E-state index contributed by atoms with van der Waals surface area (Å²) in [5, 5.41) is 0.778. The number of esters is 1. The molecule has 3 saturated carbocycles. The van der Waals surface area contributed by atoms with Crippen molar-refractivity contribution in [2.45, 2.75) is 84.0 Å². The third kappa shape index (κ3) is 3.08. The molecule has 4 fully saturated rings. The van der Waals surface area contributed by atoms with E-state index in [0.29, 0.717) is 11.3 Å². The Morgan fingerprint density at radius 1 is 1.13 bits per heavy atom. The molecule has 0 aromatic carbocycles. The number of hydrogen-bond donors (Lipinski definition) is 0. The fraction of sp³-hybridized carbons (Fsp3) is 0.880. The SMILES string of the molecule is CC(=O)O[C@@H]1CC[C@]2(C)C(=CC[C@H]3[C@H]4CC[C@H](C5(CBr)OCCO5)[C@]4(C)CC[C@H]32)C1. The second kappa shape index (κ2) is 7.59. The molecule has 1 aliphatic heterocycles. The number of carbonyl (C=O) groups excluding carboxylic acids is 1. The van der Waals surface area contributed by atoms with E-state index in [1.807, 2.05) is 0 Å². The van der Waals surface area contributed by atoms with Gasteiger partial charge in [-0.05, 0) is 73.5 Å². The van der Waals surface area contributed by atoms with E-state index in [4.69, 9.17) is 14.2 Å². The lowest BCUT2D eigenvalue weighted by Crippen LogP contribution is -2.54. The van der Waals surface area contributed by atoms with Gasteiger partial charge in [0.05, 0.1) is 18.5 Å². The van der Waals surface area contributed by atoms with Crippen LogP contribution in [0.5, 0.6) is 0 Å². The number of allylic oxidation sites excluding steroid dienone is 1. The number of hydrogen-bond acceptors (Lipinski definition) is 4. The van der Waals surface area contributed by atoms with Gasteiger partial charge in [-0.25, -0.2) is 0 Å². The van der Waals surface area contributed by atoms with Crippen LogP contribution in [0.1, 0.15) is 72.1 Å². The number of alkyl halides is 1. The maximum absolute atomic E-state index is 11.5. The van der Waals surface area contributed by atoms with Crippen molar-refractivity contribution in [2.75, 3.05) is 18.5 Å². The van der Waals surface area contributed by atoms with Crippen molar-refractivity contribution in [3.8, 4) is 0 Å². The van der Waals surface area contributed by atoms with Crippen molar-refractivity contribution >= 4 is 21.9 Å². The highest BCUT2D eigenvalue weighted by Gasteiger charge is 2.63. The van der Waals surface area contributed by atoms with Gasteiger partial charge in [-0.1, -0.05) is 41.4 Å². The van der Waals surface area contributed by atoms with E-state index in [-0.39, 0.29) is 17.5 Å². The van der Waals surface area contributed by atoms with Crippen molar-refractivity contribution in [3.63, 3.8) is 0 Å². The zero-order valence-corrected chi connectivity index (χ0v) is 20.3. The summed E-state index contributed by atoms with van der Waals surface area (Å²) in [6.07, 6.45) is 12.0. The van der Waals surface area contributed by atoms with E-state index in [1.165, 1.54) is 39.0 Å². The summed E-state index contributed by atoms with van der Waals surface area (Å²) in [4.78, 5) is 11.5. The minimum absolute atomic E-state index is 0.0820. The maximum Gasteiger partial charge on any atom is 0.302 e. The second-order valence-electron chi connectivity index (χ2n) is 11.1. The fourth-order valence-electron chi connectivity index (χ4n) is 8.53. The third-order valence-corrected chi connectivity index (χ3v) is 10.7. The average molecular weight is 481 g/mol. The molecule has 0 spiro atoms. The predicted octanol–water partition coefficient (Wildman–Crippen LogP) is 5.64. The summed E-state index contributed by atoms with van der Waals surface area (Å²) in [5.41, 5.74) is 2.15. The fourth-order valence-corrected chi connectivity index (χ4v) is 9.24. The molecule has 0 unspecified atom stereocenters. The summed E-state index contributed by atoms with van der Waals surface area (Å²) in [6, 6.07) is 0. The molecule has 0 aromatic rings. The minimum Gasteiger partial charge on any atom is -0.462 e. The molecular weight excluding hydrogens is 444 g/mol. The van der Waals surface area contributed by atoms with Gasteiger partial charge in [0.25, 0.3) is 0 Å². The number of halogens is 1. The molecule has 5 rings (SSSR count). The molecule has 1 heterocycles. The van der Waals surface area contributed by atoms with Crippen LogP contribution in [0.4, 0.5) is 0 Å². The lowest BCUT2D eigenvalue weighted by molar-refractivity contribution is -0.210. The molecule has 7 atom stereocenters. The van der Waals surface area contributed by atoms with Gasteiger partial charge in [0.15, 0.2) is 5.79 Å². The molecule has 0 amide bonds. The number of fused-ring (bicyclic) bond motifs is 5. The van der Waals surface area contributed by atoms with Crippen LogP contribution in [0.25, 0.3) is 0 Å². The Morgan fingerprint density at radius 2 is 1.90 bits per heavy atom. The van der Waals surface area contributed by atoms with Crippen LogP contribution in [-0.4, -0.2) is 36.4 Å². The molecule has 30 heavy (non-hydrogen) atoms. The molecule has 0 N–H and O–H groups in total. The maximum atomic E-state index is 11.5. The van der Waals surface area contributed by atoms with E-state index in [9.17, 15) is 4.79 Å². The topological polar surface area (TPSA) is 44.8 Å². The summed E-state index contributed by atoms with van der Waals surface area (Å²) in [7, 11) is 0. The molecule has 4 nitrogen and oxygen atoms in total. The number of carbonyl (C=O) groups is 1. The first-order valence-corrected chi connectivity index (χ1v) is 13.2. The van der Waals surface area contributed by atoms with Crippen molar-refractivity contribution in [2.24, 2.45) is 34.5 Å². The summed E-state index contributed by atoms with van der Waals surface area (Å²) in [6.45, 7) is 8.04. The molecule has 0 bridgehead atoms. The lowest BCUT2D eigenvalue weighted by atomic mass is 9.47. The molecule has 5 heteroatoms. The average Bonchev–Trinajstić information content (AvgIpc) is 3.32. The van der Waals surface area contributed by atoms with Crippen LogP contribution < -0.4 is 0 Å². The van der Waals surface area contributed by atoms with Crippen LogP contribution >= 0.6 is 15.9 Å². The monoisotopic (exact) mass is 480 g/mol. The van der Waals surface area contributed by atoms with E-state index in [0.717, 1.165) is 55.6 Å². The van der Waals surface area contributed by atoms with Gasteiger partial charge in [0, 0.05) is 19.3 Å². The first-order valence-electron chi connectivity index (χ1n) is 12.0. The van der Waals surface area contributed by atoms with E-state index < -0.39 is 5.79 Å². The van der Waals surface area contributed by atoms with Gasteiger partial charge >= 0.3 is 5.97 Å². The van der Waals surface area contributed by atoms with E-state index in [1.54, 1.807) is 5.57 Å². The first kappa shape index (κ1) is 21.5. The van der Waals surface area contributed by atoms with Gasteiger partial charge in [-0.3, -0.25) is 4.79 Å². The van der Waals surface area contributed by atoms with Gasteiger partial charge in [-0.15, -0.1) is 0 Å². The largest absolute Gasteiger partial charge is 0.462 e. The van der Waals surface area contributed by atoms with Crippen LogP contribution in [0.2, 0.25) is 0 Å². The van der Waals surface area contributed by atoms with Gasteiger partial charge in [0.1, 0.15) is 6.10 Å². The zero-order chi connectivity index (χ0) is 21.1. The highest BCUT2D eigenvalue weighted by atomic mass is 79.9. The Kier molecular flexibility index (Phi) is 5.43. The Morgan fingerprint density at radius 3 is 2.60 bits per heavy atom. The second-order valence-corrected chi connectivity index (χ2v) is 11.6. The van der Waals surface area contributed by atoms with Crippen LogP contribution in [0.3, 0.4) is 0 Å². The summed E-state index contributed by atoms with van der Waals surface area (Å²) >= 11 is 3.73. The number of ether oxygens (including phenoxy) is 3. The smallest absolute Gasteiger partial charge is 0.302 e. The normalized spacial score (nSPS) is 47.1. The van der Waals surface area contributed by atoms with Crippen LogP contribution in [0.15, 0.2) is 11.6 Å². The highest BCUT2D eigenvalue weighted by Crippen LogP contribution is 2.68. The highest BCUT2D eigenvalue weighted by molar-refractivity contribution is 9.09. The Bertz CT molecular complexity index is 729. The lowest BCUT2D eigenvalue weighted by Gasteiger charge is -2.59. The molecule has 0 radical (unpaired) electrons. The van der Waals surface area contributed by atoms with Crippen LogP contribution in [0, 0.1) is 34.5 Å². The molecular formula is C25H37BrO4. The Hall–Kier alpha value is -0.390. The molecule has 5 aliphatic rings. The van der Waals surface area contributed by atoms with Crippen molar-refractivity contribution in [3.05, 3.63) is 11.6 Å². The Labute approximate surface area is 189 Å². The quantitative estimate of drug-likeness (QED) is 0.298. The van der Waals surface area contributed by atoms with E-state index in [2.05, 4.69) is 35.9 Å². The van der Waals surface area contributed by atoms with Crippen molar-refractivity contribution < 1.29 is 19.0 Å². The summed E-state index contributed by atoms with van der Waals surface area (Å²) in [5.74, 6) is 2.21. The molecule has 168 valence electrons. The molecule has 0 aromatic heterocycles. The van der Waals surface area contributed by atoms with Crippen LogP contribution in [-0.2, 0) is 19.0 Å². The summed E-state index contributed by atoms with van der Waals surface area (Å²) < 4.78 is 18.1. The van der Waals surface area contributed by atoms with Gasteiger partial charge in [-0.2, -0.15) is 0 Å². The van der Waals surface area contributed by atoms with Crippen molar-refractivity contribution in [1.29, 1.82) is 0 Å². The predicted molar refractivity (Wildman–Crippen MR) is 119 cm³/mol. The standard InChI is InChI=1S/C25H37BrO4/c1-16(27)30-18-8-10-23(2)17(14-18)4-5-19-20-6-7-22(24(20,3)11-9-21(19)23)25(15-26)28-12-13-29-25/h4,18-22H,5-15H2,1-3H3/t18-,19+,20-,21-,22+,23-,24-/m1/s1. The third-order valence-electron chi connectivity index (χ3n) is 9.88. The zero-order valence-electron chi connectivity index (χ0n) is 18.8. The minimum atomic E-state index is -0.419. The van der Waals surface area contributed by atoms with Crippen molar-refractivity contribution in [1.82, 2.24) is 0 Å². The van der Waals surface area contributed by atoms with E-state index >= 15 is 0 Å². The number of rotatable bonds is 3. The first-order chi connectivity index (χ1) is 14.3. The Balaban J connectivity index is 1.39.